The van der Waals surface area contributed by atoms with Crippen molar-refractivity contribution in [1.29, 1.82) is 0 Å². The fraction of sp³-hybridized carbons (Fsp3) is 0.190. The molecule has 0 fully saturated rings. The minimum Gasteiger partial charge on any atom is -0.478 e. The molecular weight excluding hydrogens is 377 g/mol. The smallest absolute Gasteiger partial charge is 0.279 e. The SMILES string of the molecule is Cc1oc(-c2ccccc2)nc1CC(=O)NNC(=O)C(C)Oc1ccccc1F. The average molecular weight is 397 g/mol. The third-order valence-electron chi connectivity index (χ3n) is 4.08. The number of benzene rings is 2. The Hall–Kier alpha value is -3.68. The third-order valence-corrected chi connectivity index (χ3v) is 4.08. The highest BCUT2D eigenvalue weighted by Gasteiger charge is 2.18. The van der Waals surface area contributed by atoms with Crippen LogP contribution in [0.4, 0.5) is 4.39 Å². The van der Waals surface area contributed by atoms with Crippen LogP contribution in [0.2, 0.25) is 0 Å². The molecule has 0 saturated carbocycles. The Morgan fingerprint density at radius 1 is 1.10 bits per heavy atom. The quantitative estimate of drug-likeness (QED) is 0.624. The van der Waals surface area contributed by atoms with Gasteiger partial charge < -0.3 is 9.15 Å². The maximum atomic E-state index is 13.6. The zero-order valence-corrected chi connectivity index (χ0v) is 15.9. The van der Waals surface area contributed by atoms with E-state index in [2.05, 4.69) is 15.8 Å². The lowest BCUT2D eigenvalue weighted by atomic mass is 10.2. The zero-order valence-electron chi connectivity index (χ0n) is 15.9. The van der Waals surface area contributed by atoms with Gasteiger partial charge in [-0.05, 0) is 38.1 Å². The number of hydrazine groups is 1. The number of amides is 2. The van der Waals surface area contributed by atoms with Crippen molar-refractivity contribution in [2.24, 2.45) is 0 Å². The van der Waals surface area contributed by atoms with Gasteiger partial charge in [0, 0.05) is 5.56 Å². The summed E-state index contributed by atoms with van der Waals surface area (Å²) in [5.41, 5.74) is 5.82. The van der Waals surface area contributed by atoms with Crippen molar-refractivity contribution in [3.63, 3.8) is 0 Å². The van der Waals surface area contributed by atoms with E-state index in [4.69, 9.17) is 9.15 Å². The Balaban J connectivity index is 1.53. The molecule has 7 nitrogen and oxygen atoms in total. The molecule has 0 bridgehead atoms. The van der Waals surface area contributed by atoms with E-state index < -0.39 is 23.7 Å². The van der Waals surface area contributed by atoms with Crippen LogP contribution in [0, 0.1) is 12.7 Å². The molecule has 8 heteroatoms. The highest BCUT2D eigenvalue weighted by molar-refractivity contribution is 5.85. The Bertz CT molecular complexity index is 1000. The summed E-state index contributed by atoms with van der Waals surface area (Å²) in [7, 11) is 0. The van der Waals surface area contributed by atoms with Crippen molar-refractivity contribution >= 4 is 11.8 Å². The van der Waals surface area contributed by atoms with E-state index in [0.29, 0.717) is 17.3 Å². The molecule has 3 aromatic rings. The number of aromatic nitrogens is 1. The highest BCUT2D eigenvalue weighted by Crippen LogP contribution is 2.21. The summed E-state index contributed by atoms with van der Waals surface area (Å²) in [5, 5.41) is 0. The van der Waals surface area contributed by atoms with Crippen molar-refractivity contribution in [3.05, 3.63) is 71.9 Å². The van der Waals surface area contributed by atoms with Crippen LogP contribution < -0.4 is 15.6 Å². The van der Waals surface area contributed by atoms with Gasteiger partial charge in [0.05, 0.1) is 12.1 Å². The summed E-state index contributed by atoms with van der Waals surface area (Å²) in [6, 6.07) is 15.1. The number of nitrogens with one attached hydrogen (secondary N) is 2. The highest BCUT2D eigenvalue weighted by atomic mass is 19.1. The molecule has 1 unspecified atom stereocenters. The lowest BCUT2D eigenvalue weighted by molar-refractivity contribution is -0.132. The van der Waals surface area contributed by atoms with Gasteiger partial charge in [-0.15, -0.1) is 0 Å². The topological polar surface area (TPSA) is 93.5 Å². The molecule has 2 N–H and O–H groups in total. The van der Waals surface area contributed by atoms with Crippen molar-refractivity contribution in [2.45, 2.75) is 26.4 Å². The third kappa shape index (κ3) is 5.19. The number of hydrogen-bond acceptors (Lipinski definition) is 5. The van der Waals surface area contributed by atoms with E-state index in [1.54, 1.807) is 13.0 Å². The zero-order chi connectivity index (χ0) is 20.8. The number of aryl methyl sites for hydroxylation is 1. The van der Waals surface area contributed by atoms with Crippen molar-refractivity contribution in [2.75, 3.05) is 0 Å². The number of ether oxygens (including phenoxy) is 1. The molecule has 3 rings (SSSR count). The molecular formula is C21H20FN3O4. The van der Waals surface area contributed by atoms with Crippen LogP contribution in [0.3, 0.4) is 0 Å². The minimum atomic E-state index is -1.01. The summed E-state index contributed by atoms with van der Waals surface area (Å²) in [6.45, 7) is 3.16. The first-order valence-electron chi connectivity index (χ1n) is 8.95. The average Bonchev–Trinajstić information content (AvgIpc) is 3.08. The normalized spacial score (nSPS) is 11.6. The van der Waals surface area contributed by atoms with Crippen LogP contribution in [0.1, 0.15) is 18.4 Å². The monoisotopic (exact) mass is 397 g/mol. The van der Waals surface area contributed by atoms with Crippen LogP contribution in [0.15, 0.2) is 59.0 Å². The first-order valence-corrected chi connectivity index (χ1v) is 8.95. The van der Waals surface area contributed by atoms with Crippen LogP contribution in [0.5, 0.6) is 5.75 Å². The summed E-state index contributed by atoms with van der Waals surface area (Å²) >= 11 is 0. The second-order valence-corrected chi connectivity index (χ2v) is 6.29. The second kappa shape index (κ2) is 9.01. The molecule has 1 atom stereocenters. The number of hydrogen-bond donors (Lipinski definition) is 2. The van der Waals surface area contributed by atoms with Crippen LogP contribution in [-0.4, -0.2) is 22.9 Å². The molecule has 0 aliphatic heterocycles. The second-order valence-electron chi connectivity index (χ2n) is 6.29. The molecule has 150 valence electrons. The molecule has 0 radical (unpaired) electrons. The number of oxazole rings is 1. The van der Waals surface area contributed by atoms with E-state index in [9.17, 15) is 14.0 Å². The van der Waals surface area contributed by atoms with Gasteiger partial charge in [0.2, 0.25) is 11.8 Å². The van der Waals surface area contributed by atoms with Gasteiger partial charge in [-0.25, -0.2) is 9.37 Å². The lowest BCUT2D eigenvalue weighted by Gasteiger charge is -2.15. The van der Waals surface area contributed by atoms with Gasteiger partial charge >= 0.3 is 0 Å². The number of nitrogens with zero attached hydrogens (tertiary/aromatic N) is 1. The predicted octanol–water partition coefficient (Wildman–Crippen LogP) is 2.95. The summed E-state index contributed by atoms with van der Waals surface area (Å²) in [4.78, 5) is 28.5. The van der Waals surface area contributed by atoms with Crippen LogP contribution in [0.25, 0.3) is 11.5 Å². The Labute approximate surface area is 166 Å². The summed E-state index contributed by atoms with van der Waals surface area (Å²) in [6.07, 6.45) is -1.09. The molecule has 0 saturated heterocycles. The predicted molar refractivity (Wildman–Crippen MR) is 103 cm³/mol. The molecule has 2 aromatic carbocycles. The number of halogens is 1. The van der Waals surface area contributed by atoms with Gasteiger partial charge in [-0.2, -0.15) is 0 Å². The van der Waals surface area contributed by atoms with Gasteiger partial charge in [-0.3, -0.25) is 20.4 Å². The first-order chi connectivity index (χ1) is 13.9. The van der Waals surface area contributed by atoms with Crippen molar-refractivity contribution < 1.29 is 23.1 Å². The molecule has 0 aliphatic carbocycles. The van der Waals surface area contributed by atoms with Crippen LogP contribution >= 0.6 is 0 Å². The Kier molecular flexibility index (Phi) is 6.23. The van der Waals surface area contributed by atoms with E-state index in [-0.39, 0.29) is 12.2 Å². The maximum Gasteiger partial charge on any atom is 0.279 e. The first kappa shape index (κ1) is 20.1. The molecule has 0 aliphatic rings. The van der Waals surface area contributed by atoms with Gasteiger partial charge in [0.1, 0.15) is 5.76 Å². The minimum absolute atomic E-state index is 0.0480. The lowest BCUT2D eigenvalue weighted by Crippen LogP contribution is -2.47. The fourth-order valence-corrected chi connectivity index (χ4v) is 2.51. The van der Waals surface area contributed by atoms with Gasteiger partial charge in [-0.1, -0.05) is 30.3 Å². The van der Waals surface area contributed by atoms with Gasteiger partial charge in [0.15, 0.2) is 17.7 Å². The molecule has 1 aromatic heterocycles. The summed E-state index contributed by atoms with van der Waals surface area (Å²) in [5.74, 6) is -0.792. The molecule has 1 heterocycles. The molecule has 29 heavy (non-hydrogen) atoms. The van der Waals surface area contributed by atoms with E-state index in [1.165, 1.54) is 25.1 Å². The number of rotatable bonds is 6. The fourth-order valence-electron chi connectivity index (χ4n) is 2.51. The maximum absolute atomic E-state index is 13.6. The van der Waals surface area contributed by atoms with Crippen LogP contribution in [-0.2, 0) is 16.0 Å². The largest absolute Gasteiger partial charge is 0.478 e. The van der Waals surface area contributed by atoms with Gasteiger partial charge in [0.25, 0.3) is 5.91 Å². The van der Waals surface area contributed by atoms with Crippen molar-refractivity contribution in [1.82, 2.24) is 15.8 Å². The van der Waals surface area contributed by atoms with E-state index >= 15 is 0 Å². The standard InChI is InChI=1S/C21H20FN3O4/c1-13-17(23-21(29-13)15-8-4-3-5-9-15)12-19(26)24-25-20(27)14(2)28-18-11-7-6-10-16(18)22/h3-11,14H,12H2,1-2H3,(H,24,26)(H,25,27). The number of carbonyl (C=O) groups excluding carboxylic acids is 2. The molecule has 0 spiro atoms. The Morgan fingerprint density at radius 2 is 1.79 bits per heavy atom. The van der Waals surface area contributed by atoms with E-state index in [0.717, 1.165) is 5.56 Å². The summed E-state index contributed by atoms with van der Waals surface area (Å²) < 4.78 is 24.5. The number of carbonyl (C=O) groups is 2. The number of para-hydroxylation sites is 1. The van der Waals surface area contributed by atoms with Crippen molar-refractivity contribution in [3.8, 4) is 17.2 Å². The van der Waals surface area contributed by atoms with E-state index in [1.807, 2.05) is 30.3 Å². The molecule has 2 amide bonds. The Morgan fingerprint density at radius 3 is 2.52 bits per heavy atom.